The fourth-order valence-electron chi connectivity index (χ4n) is 2.82. The number of aromatic amines is 1. The topological polar surface area (TPSA) is 48.1 Å². The van der Waals surface area contributed by atoms with Crippen molar-refractivity contribution in [2.45, 2.75) is 39.7 Å². The van der Waals surface area contributed by atoms with E-state index in [0.717, 1.165) is 49.1 Å². The molecule has 1 aromatic heterocycles. The van der Waals surface area contributed by atoms with E-state index in [1.54, 1.807) is 6.07 Å². The Bertz CT molecular complexity index is 646. The van der Waals surface area contributed by atoms with Crippen molar-refractivity contribution in [3.8, 4) is 0 Å². The van der Waals surface area contributed by atoms with E-state index in [9.17, 15) is 4.79 Å². The van der Waals surface area contributed by atoms with Gasteiger partial charge in [0.15, 0.2) is 0 Å². The number of para-hydroxylation sites is 1. The number of pyridine rings is 1. The molecule has 2 rings (SSSR count). The number of H-pyrrole nitrogens is 1. The summed E-state index contributed by atoms with van der Waals surface area (Å²) in [6, 6.07) is 9.92. The average Bonchev–Trinajstić information content (AvgIpc) is 2.51. The first-order valence-corrected chi connectivity index (χ1v) is 8.25. The molecule has 4 nitrogen and oxygen atoms in total. The van der Waals surface area contributed by atoms with Gasteiger partial charge in [0, 0.05) is 23.2 Å². The zero-order chi connectivity index (χ0) is 15.9. The van der Waals surface area contributed by atoms with E-state index in [4.69, 9.17) is 0 Å². The molecule has 2 aromatic rings. The van der Waals surface area contributed by atoms with Crippen LogP contribution in [-0.2, 0) is 0 Å². The van der Waals surface area contributed by atoms with Gasteiger partial charge in [0.25, 0.3) is 0 Å². The van der Waals surface area contributed by atoms with Crippen LogP contribution in [-0.4, -0.2) is 35.6 Å². The molecule has 0 saturated heterocycles. The van der Waals surface area contributed by atoms with Crippen LogP contribution in [0.25, 0.3) is 10.9 Å². The molecule has 4 heteroatoms. The lowest BCUT2D eigenvalue weighted by Crippen LogP contribution is -2.25. The lowest BCUT2D eigenvalue weighted by atomic mass is 10.1. The fraction of sp³-hybridized carbons (Fsp3) is 0.500. The van der Waals surface area contributed by atoms with Crippen molar-refractivity contribution in [2.75, 3.05) is 25.0 Å². The molecule has 0 aliphatic heterocycles. The average molecular weight is 301 g/mol. The first kappa shape index (κ1) is 16.6. The minimum atomic E-state index is -0.0588. The molecule has 0 aliphatic rings. The van der Waals surface area contributed by atoms with E-state index in [1.165, 1.54) is 0 Å². The molecule has 0 spiro atoms. The van der Waals surface area contributed by atoms with Gasteiger partial charge in [0.2, 0.25) is 5.56 Å². The molecule has 2 N–H and O–H groups in total. The monoisotopic (exact) mass is 301 g/mol. The molecule has 120 valence electrons. The molecular formula is C18H27N3O. The molecule has 0 bridgehead atoms. The summed E-state index contributed by atoms with van der Waals surface area (Å²) in [6.07, 6.45) is 2.26. The van der Waals surface area contributed by atoms with Crippen LogP contribution < -0.4 is 10.9 Å². The van der Waals surface area contributed by atoms with Crippen LogP contribution in [0.3, 0.4) is 0 Å². The van der Waals surface area contributed by atoms with Crippen molar-refractivity contribution >= 4 is 16.6 Å². The summed E-state index contributed by atoms with van der Waals surface area (Å²) in [5, 5.41) is 4.56. The van der Waals surface area contributed by atoms with Crippen LogP contribution >= 0.6 is 0 Å². The molecule has 0 aliphatic carbocycles. The van der Waals surface area contributed by atoms with Gasteiger partial charge in [0.1, 0.15) is 0 Å². The number of anilines is 1. The van der Waals surface area contributed by atoms with Crippen molar-refractivity contribution in [1.82, 2.24) is 9.88 Å². The van der Waals surface area contributed by atoms with E-state index in [1.807, 2.05) is 24.3 Å². The van der Waals surface area contributed by atoms with Gasteiger partial charge in [-0.15, -0.1) is 0 Å². The summed E-state index contributed by atoms with van der Waals surface area (Å²) < 4.78 is 0. The molecule has 1 unspecified atom stereocenters. The molecule has 1 aromatic carbocycles. The highest BCUT2D eigenvalue weighted by Gasteiger charge is 2.07. The summed E-state index contributed by atoms with van der Waals surface area (Å²) >= 11 is 0. The minimum absolute atomic E-state index is 0.0588. The van der Waals surface area contributed by atoms with Gasteiger partial charge >= 0.3 is 0 Å². The molecule has 0 radical (unpaired) electrons. The number of fused-ring (bicyclic) bond motifs is 1. The van der Waals surface area contributed by atoms with Crippen LogP contribution in [0.2, 0.25) is 0 Å². The maximum Gasteiger partial charge on any atom is 0.250 e. The van der Waals surface area contributed by atoms with Crippen molar-refractivity contribution in [1.29, 1.82) is 0 Å². The SMILES string of the molecule is CCN(CC)CCCC(C)Nc1cc(=O)[nH]c2ccccc12. The fourth-order valence-corrected chi connectivity index (χ4v) is 2.82. The van der Waals surface area contributed by atoms with E-state index in [0.29, 0.717) is 6.04 Å². The van der Waals surface area contributed by atoms with E-state index >= 15 is 0 Å². The summed E-state index contributed by atoms with van der Waals surface area (Å²) in [6.45, 7) is 9.93. The third kappa shape index (κ3) is 4.34. The predicted octanol–water partition coefficient (Wildman–Crippen LogP) is 3.45. The molecule has 1 heterocycles. The van der Waals surface area contributed by atoms with Crippen molar-refractivity contribution in [3.63, 3.8) is 0 Å². The highest BCUT2D eigenvalue weighted by Crippen LogP contribution is 2.20. The number of benzene rings is 1. The maximum absolute atomic E-state index is 11.8. The smallest absolute Gasteiger partial charge is 0.250 e. The van der Waals surface area contributed by atoms with Crippen LogP contribution in [0.15, 0.2) is 35.1 Å². The Morgan fingerprint density at radius 1 is 1.23 bits per heavy atom. The molecule has 0 saturated carbocycles. The van der Waals surface area contributed by atoms with E-state index in [2.05, 4.69) is 36.0 Å². The lowest BCUT2D eigenvalue weighted by Gasteiger charge is -2.20. The quantitative estimate of drug-likeness (QED) is 0.785. The predicted molar refractivity (Wildman–Crippen MR) is 94.7 cm³/mol. The van der Waals surface area contributed by atoms with Crippen LogP contribution in [0.4, 0.5) is 5.69 Å². The summed E-state index contributed by atoms with van der Waals surface area (Å²) in [4.78, 5) is 17.1. The van der Waals surface area contributed by atoms with Gasteiger partial charge in [-0.2, -0.15) is 0 Å². The largest absolute Gasteiger partial charge is 0.382 e. The molecule has 0 amide bonds. The maximum atomic E-state index is 11.8. The van der Waals surface area contributed by atoms with E-state index < -0.39 is 0 Å². The second-order valence-electron chi connectivity index (χ2n) is 5.81. The Kier molecular flexibility index (Phi) is 6.01. The normalized spacial score (nSPS) is 12.7. The Morgan fingerprint density at radius 3 is 2.68 bits per heavy atom. The number of rotatable bonds is 8. The first-order valence-electron chi connectivity index (χ1n) is 8.25. The van der Waals surface area contributed by atoms with Crippen molar-refractivity contribution in [2.24, 2.45) is 0 Å². The van der Waals surface area contributed by atoms with E-state index in [-0.39, 0.29) is 5.56 Å². The Balaban J connectivity index is 2.00. The number of hydrogen-bond acceptors (Lipinski definition) is 3. The number of nitrogens with zero attached hydrogens (tertiary/aromatic N) is 1. The second kappa shape index (κ2) is 7.99. The summed E-state index contributed by atoms with van der Waals surface area (Å²) in [5.41, 5.74) is 1.75. The second-order valence-corrected chi connectivity index (χ2v) is 5.81. The number of nitrogens with one attached hydrogen (secondary N) is 2. The Hall–Kier alpha value is -1.81. The van der Waals surface area contributed by atoms with Gasteiger partial charge in [0.05, 0.1) is 5.52 Å². The zero-order valence-corrected chi connectivity index (χ0v) is 13.9. The molecule has 1 atom stereocenters. The van der Waals surface area contributed by atoms with Crippen molar-refractivity contribution in [3.05, 3.63) is 40.7 Å². The van der Waals surface area contributed by atoms with Crippen molar-refractivity contribution < 1.29 is 0 Å². The highest BCUT2D eigenvalue weighted by molar-refractivity contribution is 5.90. The van der Waals surface area contributed by atoms with Gasteiger partial charge in [-0.1, -0.05) is 32.0 Å². The van der Waals surface area contributed by atoms with Gasteiger partial charge in [-0.3, -0.25) is 4.79 Å². The molecule has 22 heavy (non-hydrogen) atoms. The van der Waals surface area contributed by atoms with Gasteiger partial charge < -0.3 is 15.2 Å². The number of hydrogen-bond donors (Lipinski definition) is 2. The van der Waals surface area contributed by atoms with Crippen LogP contribution in [0, 0.1) is 0 Å². The Labute approximate surface area is 132 Å². The van der Waals surface area contributed by atoms with Gasteiger partial charge in [-0.25, -0.2) is 0 Å². The summed E-state index contributed by atoms with van der Waals surface area (Å²) in [7, 11) is 0. The zero-order valence-electron chi connectivity index (χ0n) is 13.9. The minimum Gasteiger partial charge on any atom is -0.382 e. The van der Waals surface area contributed by atoms with Crippen LogP contribution in [0.1, 0.15) is 33.6 Å². The molecular weight excluding hydrogens is 274 g/mol. The standard InChI is InChI=1S/C18H27N3O/c1-4-21(5-2)12-8-9-14(3)19-17-13-18(22)20-16-11-7-6-10-15(16)17/h6-7,10-11,13-14H,4-5,8-9,12H2,1-3H3,(H2,19,20,22). The lowest BCUT2D eigenvalue weighted by molar-refractivity contribution is 0.295. The van der Waals surface area contributed by atoms with Gasteiger partial charge in [-0.05, 0) is 45.5 Å². The Morgan fingerprint density at radius 2 is 1.95 bits per heavy atom. The third-order valence-electron chi connectivity index (χ3n) is 4.16. The first-order chi connectivity index (χ1) is 10.6. The van der Waals surface area contributed by atoms with Crippen LogP contribution in [0.5, 0.6) is 0 Å². The molecule has 0 fully saturated rings. The summed E-state index contributed by atoms with van der Waals surface area (Å²) in [5.74, 6) is 0. The highest BCUT2D eigenvalue weighted by atomic mass is 16.1. The third-order valence-corrected chi connectivity index (χ3v) is 4.16. The number of aromatic nitrogens is 1.